The van der Waals surface area contributed by atoms with E-state index in [4.69, 9.17) is 5.14 Å². The van der Waals surface area contributed by atoms with Crippen LogP contribution in [0.4, 0.5) is 17.1 Å². The molecule has 0 aromatic heterocycles. The fourth-order valence-corrected chi connectivity index (χ4v) is 4.17. The highest BCUT2D eigenvalue weighted by Gasteiger charge is 2.16. The Kier molecular flexibility index (Phi) is 7.66. The lowest BCUT2D eigenvalue weighted by Crippen LogP contribution is -2.22. The molecule has 10 nitrogen and oxygen atoms in total. The van der Waals surface area contributed by atoms with Crippen molar-refractivity contribution < 1.29 is 22.9 Å². The van der Waals surface area contributed by atoms with Gasteiger partial charge in [-0.1, -0.05) is 0 Å². The average Bonchev–Trinajstić information content (AvgIpc) is 2.80. The summed E-state index contributed by atoms with van der Waals surface area (Å²) < 4.78 is 22.6. The van der Waals surface area contributed by atoms with E-state index in [-0.39, 0.29) is 22.1 Å². The number of nitro benzene ring substituents is 1. The molecule has 0 aliphatic heterocycles. The van der Waals surface area contributed by atoms with Gasteiger partial charge in [-0.2, -0.15) is 0 Å². The van der Waals surface area contributed by atoms with E-state index in [1.165, 1.54) is 60.3 Å². The zero-order valence-electron chi connectivity index (χ0n) is 17.8. The summed E-state index contributed by atoms with van der Waals surface area (Å²) in [7, 11) is -3.80. The molecule has 0 fully saturated rings. The number of sulfonamides is 1. The number of hydrogen-bond donors (Lipinski definition) is 3. The summed E-state index contributed by atoms with van der Waals surface area (Å²) >= 11 is 1.30. The maximum absolute atomic E-state index is 12.5. The van der Waals surface area contributed by atoms with Gasteiger partial charge in [0.15, 0.2) is 0 Å². The van der Waals surface area contributed by atoms with Gasteiger partial charge in [0.25, 0.3) is 11.6 Å². The maximum atomic E-state index is 12.5. The third-order valence-electron chi connectivity index (χ3n) is 4.58. The van der Waals surface area contributed by atoms with Crippen LogP contribution in [0.3, 0.4) is 0 Å². The van der Waals surface area contributed by atoms with Crippen LogP contribution >= 0.6 is 11.8 Å². The molecule has 12 heteroatoms. The number of nitrogens with zero attached hydrogens (tertiary/aromatic N) is 1. The first-order valence-corrected chi connectivity index (χ1v) is 12.2. The summed E-state index contributed by atoms with van der Waals surface area (Å²) in [4.78, 5) is 35.7. The van der Waals surface area contributed by atoms with Gasteiger partial charge in [-0.15, -0.1) is 11.8 Å². The Morgan fingerprint density at radius 1 is 0.912 bits per heavy atom. The summed E-state index contributed by atoms with van der Waals surface area (Å²) in [5, 5.41) is 20.7. The number of rotatable bonds is 8. The van der Waals surface area contributed by atoms with Crippen LogP contribution in [0.5, 0.6) is 0 Å². The summed E-state index contributed by atoms with van der Waals surface area (Å²) in [5.74, 6) is -0.680. The van der Waals surface area contributed by atoms with Crippen LogP contribution in [0.1, 0.15) is 17.3 Å². The van der Waals surface area contributed by atoms with Gasteiger partial charge in [0.1, 0.15) is 0 Å². The van der Waals surface area contributed by atoms with Crippen molar-refractivity contribution >= 4 is 50.7 Å². The first kappa shape index (κ1) is 24.9. The van der Waals surface area contributed by atoms with E-state index < -0.39 is 26.1 Å². The van der Waals surface area contributed by atoms with Gasteiger partial charge >= 0.3 is 0 Å². The number of thioether (sulfide) groups is 1. The summed E-state index contributed by atoms with van der Waals surface area (Å²) in [5.41, 5.74) is 1.15. The van der Waals surface area contributed by atoms with Crippen LogP contribution in [0.2, 0.25) is 0 Å². The second kappa shape index (κ2) is 10.5. The molecule has 0 saturated heterocycles. The van der Waals surface area contributed by atoms with Crippen LogP contribution in [0, 0.1) is 10.1 Å². The summed E-state index contributed by atoms with van der Waals surface area (Å²) in [6.45, 7) is 1.73. The van der Waals surface area contributed by atoms with Crippen molar-refractivity contribution in [3.63, 3.8) is 0 Å². The van der Waals surface area contributed by atoms with Crippen molar-refractivity contribution in [3.05, 3.63) is 88.5 Å². The number of non-ortho nitro benzene ring substituents is 1. The molecular weight excluding hydrogens is 480 g/mol. The van der Waals surface area contributed by atoms with Gasteiger partial charge in [0.05, 0.1) is 15.1 Å². The molecule has 0 radical (unpaired) electrons. The highest BCUT2D eigenvalue weighted by Crippen LogP contribution is 2.26. The lowest BCUT2D eigenvalue weighted by Gasteiger charge is -2.13. The van der Waals surface area contributed by atoms with Crippen molar-refractivity contribution in [2.75, 3.05) is 10.6 Å². The molecule has 4 N–H and O–H groups in total. The van der Waals surface area contributed by atoms with Gasteiger partial charge in [-0.25, -0.2) is 13.6 Å². The largest absolute Gasteiger partial charge is 0.325 e. The smallest absolute Gasteiger partial charge is 0.269 e. The number of nitrogens with one attached hydrogen (secondary N) is 2. The molecule has 3 rings (SSSR count). The number of carbonyl (C=O) groups is 2. The van der Waals surface area contributed by atoms with Gasteiger partial charge < -0.3 is 10.6 Å². The quantitative estimate of drug-likeness (QED) is 0.242. The van der Waals surface area contributed by atoms with Crippen molar-refractivity contribution in [1.29, 1.82) is 0 Å². The minimum absolute atomic E-state index is 0.0475. The normalized spacial score (nSPS) is 11.9. The minimum Gasteiger partial charge on any atom is -0.325 e. The molecule has 0 aliphatic carbocycles. The third-order valence-corrected chi connectivity index (χ3v) is 6.63. The van der Waals surface area contributed by atoms with Crippen molar-refractivity contribution in [2.24, 2.45) is 5.14 Å². The van der Waals surface area contributed by atoms with Crippen molar-refractivity contribution in [3.8, 4) is 0 Å². The Hall–Kier alpha value is -3.74. The highest BCUT2D eigenvalue weighted by atomic mass is 32.2. The number of carbonyl (C=O) groups excluding carboxylic acids is 2. The minimum atomic E-state index is -3.80. The zero-order valence-corrected chi connectivity index (χ0v) is 19.4. The summed E-state index contributed by atoms with van der Waals surface area (Å²) in [6, 6.07) is 17.7. The third kappa shape index (κ3) is 6.63. The molecule has 34 heavy (non-hydrogen) atoms. The van der Waals surface area contributed by atoms with E-state index in [1.54, 1.807) is 31.2 Å². The molecule has 1 atom stereocenters. The van der Waals surface area contributed by atoms with Crippen LogP contribution in [-0.4, -0.2) is 30.4 Å². The van der Waals surface area contributed by atoms with E-state index in [9.17, 15) is 28.1 Å². The molecule has 0 heterocycles. The lowest BCUT2D eigenvalue weighted by atomic mass is 10.2. The highest BCUT2D eigenvalue weighted by molar-refractivity contribution is 8.00. The molecule has 1 unspecified atom stereocenters. The van der Waals surface area contributed by atoms with Crippen molar-refractivity contribution in [2.45, 2.75) is 22.0 Å². The van der Waals surface area contributed by atoms with Crippen LogP contribution in [0.25, 0.3) is 0 Å². The molecule has 2 amide bonds. The number of nitro groups is 1. The van der Waals surface area contributed by atoms with Crippen LogP contribution < -0.4 is 15.8 Å². The lowest BCUT2D eigenvalue weighted by molar-refractivity contribution is -0.384. The predicted octanol–water partition coefficient (Wildman–Crippen LogP) is 3.61. The first-order valence-electron chi connectivity index (χ1n) is 9.79. The SMILES string of the molecule is CC(Sc1ccc(NC(=O)c2ccc([N+](=O)[O-])cc2)cc1)C(=O)Nc1ccc(S(N)(=O)=O)cc1. The number of anilines is 2. The number of amides is 2. The Morgan fingerprint density at radius 2 is 1.44 bits per heavy atom. The zero-order chi connectivity index (χ0) is 24.9. The fourth-order valence-electron chi connectivity index (χ4n) is 2.78. The van der Waals surface area contributed by atoms with Crippen LogP contribution in [-0.2, 0) is 14.8 Å². The van der Waals surface area contributed by atoms with Gasteiger partial charge in [0, 0.05) is 34.0 Å². The van der Waals surface area contributed by atoms with E-state index in [2.05, 4.69) is 10.6 Å². The molecule has 0 spiro atoms. The van der Waals surface area contributed by atoms with Crippen molar-refractivity contribution in [1.82, 2.24) is 0 Å². The monoisotopic (exact) mass is 500 g/mol. The molecule has 0 aliphatic rings. The number of benzene rings is 3. The fraction of sp³-hybridized carbons (Fsp3) is 0.0909. The van der Waals surface area contributed by atoms with E-state index in [0.29, 0.717) is 11.4 Å². The van der Waals surface area contributed by atoms with Gasteiger partial charge in [-0.05, 0) is 67.6 Å². The van der Waals surface area contributed by atoms with Crippen LogP contribution in [0.15, 0.2) is 82.6 Å². The first-order chi connectivity index (χ1) is 16.0. The maximum Gasteiger partial charge on any atom is 0.269 e. The molecule has 0 bridgehead atoms. The number of nitrogens with two attached hydrogens (primary N) is 1. The van der Waals surface area contributed by atoms with E-state index >= 15 is 0 Å². The van der Waals surface area contributed by atoms with E-state index in [0.717, 1.165) is 4.90 Å². The second-order valence-corrected chi connectivity index (χ2v) is 10.1. The molecule has 0 saturated carbocycles. The Morgan fingerprint density at radius 3 is 1.97 bits per heavy atom. The standard InChI is InChI=1S/C22H20N4O6S2/c1-14(21(27)24-17-6-12-20(13-7-17)34(23,31)32)33-19-10-4-16(5-11-19)25-22(28)15-2-8-18(9-3-15)26(29)30/h2-14H,1H3,(H,24,27)(H,25,28)(H2,23,31,32). The average molecular weight is 501 g/mol. The number of hydrogen-bond acceptors (Lipinski definition) is 7. The molecule has 176 valence electrons. The van der Waals surface area contributed by atoms with E-state index in [1.807, 2.05) is 0 Å². The molecule has 3 aromatic carbocycles. The Labute approximate surface area is 199 Å². The summed E-state index contributed by atoms with van der Waals surface area (Å²) in [6.07, 6.45) is 0. The molecule has 3 aromatic rings. The number of primary sulfonamides is 1. The molecular formula is C22H20N4O6S2. The predicted molar refractivity (Wildman–Crippen MR) is 129 cm³/mol. The topological polar surface area (TPSA) is 162 Å². The van der Waals surface area contributed by atoms with Gasteiger partial charge in [-0.3, -0.25) is 19.7 Å². The second-order valence-electron chi connectivity index (χ2n) is 7.10. The van der Waals surface area contributed by atoms with Gasteiger partial charge in [0.2, 0.25) is 15.9 Å². The Balaban J connectivity index is 1.55. The Bertz CT molecular complexity index is 1310.